The normalized spacial score (nSPS) is 11.3. The van der Waals surface area contributed by atoms with E-state index in [0.29, 0.717) is 15.6 Å². The second-order valence-corrected chi connectivity index (χ2v) is 3.65. The number of nitrogens with zero attached hydrogens (tertiary/aromatic N) is 1. The van der Waals surface area contributed by atoms with Crippen LogP contribution in [0.1, 0.15) is 24.1 Å². The zero-order chi connectivity index (χ0) is 10.0. The lowest BCUT2D eigenvalue weighted by molar-refractivity contribution is 0.460. The van der Waals surface area contributed by atoms with Crippen LogP contribution in [0.25, 0.3) is 0 Å². The number of halogens is 2. The monoisotopic (exact) mass is 276 g/mol. The van der Waals surface area contributed by atoms with Crippen LogP contribution in [0.5, 0.6) is 5.75 Å². The first-order chi connectivity index (χ1) is 6.06. The average molecular weight is 278 g/mol. The first-order valence-electron chi connectivity index (χ1n) is 3.74. The van der Waals surface area contributed by atoms with E-state index < -0.39 is 0 Å². The highest BCUT2D eigenvalue weighted by Crippen LogP contribution is 2.32. The molecule has 0 heterocycles. The maximum atomic E-state index is 9.55. The van der Waals surface area contributed by atoms with E-state index in [1.54, 1.807) is 19.1 Å². The molecule has 0 aromatic heterocycles. The zero-order valence-corrected chi connectivity index (χ0v) is 9.89. The number of aromatic hydroxyl groups is 1. The van der Waals surface area contributed by atoms with Gasteiger partial charge in [-0.25, -0.2) is 0 Å². The molecule has 5 heteroatoms. The Labute approximate surface area is 97.1 Å². The molecule has 0 spiro atoms. The Kier molecular flexibility index (Phi) is 4.92. The van der Waals surface area contributed by atoms with Gasteiger partial charge in [0.2, 0.25) is 0 Å². The second-order valence-electron chi connectivity index (χ2n) is 2.80. The fourth-order valence-corrected chi connectivity index (χ4v) is 1.51. The quantitative estimate of drug-likeness (QED) is 0.828. The zero-order valence-electron chi connectivity index (χ0n) is 7.49. The van der Waals surface area contributed by atoms with E-state index in [1.807, 2.05) is 6.07 Å². The van der Waals surface area contributed by atoms with E-state index in [9.17, 15) is 5.11 Å². The summed E-state index contributed by atoms with van der Waals surface area (Å²) in [6, 6.07) is 4.85. The van der Waals surface area contributed by atoms with Crippen molar-refractivity contribution in [1.29, 1.82) is 5.26 Å². The number of hydrogen-bond donors (Lipinski definition) is 2. The second kappa shape index (κ2) is 5.20. The first-order valence-corrected chi connectivity index (χ1v) is 4.53. The molecule has 3 N–H and O–H groups in total. The highest BCUT2D eigenvalue weighted by Gasteiger charge is 2.10. The van der Waals surface area contributed by atoms with Crippen LogP contribution in [0.3, 0.4) is 0 Å². The molecular formula is C9H10BrClN2O. The third-order valence-corrected chi connectivity index (χ3v) is 2.32. The summed E-state index contributed by atoms with van der Waals surface area (Å²) in [4.78, 5) is 0. The third kappa shape index (κ3) is 2.61. The number of nitriles is 1. The molecule has 0 aliphatic carbocycles. The Hall–Kier alpha value is -0.760. The summed E-state index contributed by atoms with van der Waals surface area (Å²) in [7, 11) is 0. The van der Waals surface area contributed by atoms with Gasteiger partial charge in [-0.2, -0.15) is 5.26 Å². The van der Waals surface area contributed by atoms with E-state index in [0.717, 1.165) is 0 Å². The van der Waals surface area contributed by atoms with Crippen LogP contribution in [-0.2, 0) is 0 Å². The molecule has 3 nitrogen and oxygen atoms in total. The molecule has 0 aliphatic heterocycles. The van der Waals surface area contributed by atoms with Crippen LogP contribution in [0.4, 0.5) is 0 Å². The minimum absolute atomic E-state index is 0. The van der Waals surface area contributed by atoms with Crippen molar-refractivity contribution in [3.05, 3.63) is 27.7 Å². The Balaban J connectivity index is 0.00000169. The Bertz CT molecular complexity index is 374. The van der Waals surface area contributed by atoms with Crippen LogP contribution in [0.15, 0.2) is 16.6 Å². The summed E-state index contributed by atoms with van der Waals surface area (Å²) >= 11 is 3.15. The molecule has 0 aliphatic rings. The van der Waals surface area contributed by atoms with Gasteiger partial charge in [-0.05, 0) is 35.0 Å². The fourth-order valence-electron chi connectivity index (χ4n) is 1.03. The van der Waals surface area contributed by atoms with Gasteiger partial charge in [0.1, 0.15) is 5.75 Å². The van der Waals surface area contributed by atoms with E-state index in [2.05, 4.69) is 15.9 Å². The van der Waals surface area contributed by atoms with Crippen molar-refractivity contribution in [3.63, 3.8) is 0 Å². The lowest BCUT2D eigenvalue weighted by Crippen LogP contribution is -2.05. The fraction of sp³-hybridized carbons (Fsp3) is 0.222. The SMILES string of the molecule is C[C@@H](N)c1cc(C#N)cc(Br)c1O.Cl. The maximum absolute atomic E-state index is 9.55. The lowest BCUT2D eigenvalue weighted by Gasteiger charge is -2.09. The minimum Gasteiger partial charge on any atom is -0.506 e. The molecule has 14 heavy (non-hydrogen) atoms. The highest BCUT2D eigenvalue weighted by atomic mass is 79.9. The molecule has 0 amide bonds. The van der Waals surface area contributed by atoms with Crippen molar-refractivity contribution in [2.45, 2.75) is 13.0 Å². The molecule has 1 aromatic rings. The van der Waals surface area contributed by atoms with Crippen LogP contribution in [0, 0.1) is 11.3 Å². The molecule has 0 saturated carbocycles. The Morgan fingerprint density at radius 1 is 1.57 bits per heavy atom. The van der Waals surface area contributed by atoms with E-state index >= 15 is 0 Å². The average Bonchev–Trinajstić information content (AvgIpc) is 2.09. The van der Waals surface area contributed by atoms with Gasteiger partial charge in [0.15, 0.2) is 0 Å². The van der Waals surface area contributed by atoms with Crippen LogP contribution in [0.2, 0.25) is 0 Å². The molecule has 0 unspecified atom stereocenters. The highest BCUT2D eigenvalue weighted by molar-refractivity contribution is 9.10. The first kappa shape index (κ1) is 13.2. The maximum Gasteiger partial charge on any atom is 0.134 e. The largest absolute Gasteiger partial charge is 0.506 e. The number of benzene rings is 1. The van der Waals surface area contributed by atoms with E-state index in [1.165, 1.54) is 0 Å². The minimum atomic E-state index is -0.287. The molecule has 1 aromatic carbocycles. The van der Waals surface area contributed by atoms with Crippen LogP contribution in [-0.4, -0.2) is 5.11 Å². The number of phenols is 1. The van der Waals surface area contributed by atoms with Gasteiger partial charge in [0.05, 0.1) is 16.1 Å². The summed E-state index contributed by atoms with van der Waals surface area (Å²) in [6.45, 7) is 1.75. The van der Waals surface area contributed by atoms with Gasteiger partial charge in [-0.1, -0.05) is 0 Å². The van der Waals surface area contributed by atoms with Gasteiger partial charge in [-0.3, -0.25) is 0 Å². The molecule has 1 atom stereocenters. The van der Waals surface area contributed by atoms with Crippen molar-refractivity contribution in [2.75, 3.05) is 0 Å². The number of nitrogens with two attached hydrogens (primary N) is 1. The van der Waals surface area contributed by atoms with E-state index in [-0.39, 0.29) is 24.2 Å². The van der Waals surface area contributed by atoms with Gasteiger partial charge in [0.25, 0.3) is 0 Å². The standard InChI is InChI=1S/C9H9BrN2O.ClH/c1-5(12)7-2-6(4-11)3-8(10)9(7)13;/h2-3,5,13H,12H2,1H3;1H/t5-;/m1./s1. The van der Waals surface area contributed by atoms with Crippen LogP contribution < -0.4 is 5.73 Å². The number of hydrogen-bond acceptors (Lipinski definition) is 3. The molecule has 0 radical (unpaired) electrons. The Morgan fingerprint density at radius 2 is 2.14 bits per heavy atom. The smallest absolute Gasteiger partial charge is 0.134 e. The summed E-state index contributed by atoms with van der Waals surface area (Å²) < 4.78 is 0.499. The van der Waals surface area contributed by atoms with Crippen molar-refractivity contribution >= 4 is 28.3 Å². The molecular weight excluding hydrogens is 267 g/mol. The predicted molar refractivity (Wildman–Crippen MR) is 60.4 cm³/mol. The molecule has 0 bridgehead atoms. The van der Waals surface area contributed by atoms with Gasteiger partial charge >= 0.3 is 0 Å². The number of phenolic OH excluding ortho intramolecular Hbond substituents is 1. The van der Waals surface area contributed by atoms with Crippen molar-refractivity contribution in [2.24, 2.45) is 5.73 Å². The molecule has 0 fully saturated rings. The summed E-state index contributed by atoms with van der Waals surface area (Å²) in [5, 5.41) is 18.2. The predicted octanol–water partition coefficient (Wildman–Crippen LogP) is 2.47. The summed E-state index contributed by atoms with van der Waals surface area (Å²) in [5.74, 6) is 0.106. The van der Waals surface area contributed by atoms with Crippen molar-refractivity contribution in [3.8, 4) is 11.8 Å². The summed E-state index contributed by atoms with van der Waals surface area (Å²) in [5.41, 5.74) is 6.68. The third-order valence-electron chi connectivity index (χ3n) is 1.71. The van der Waals surface area contributed by atoms with Crippen molar-refractivity contribution < 1.29 is 5.11 Å². The topological polar surface area (TPSA) is 70.0 Å². The van der Waals surface area contributed by atoms with E-state index in [4.69, 9.17) is 11.0 Å². The molecule has 0 saturated heterocycles. The van der Waals surface area contributed by atoms with Crippen LogP contribution >= 0.6 is 28.3 Å². The molecule has 76 valence electrons. The summed E-state index contributed by atoms with van der Waals surface area (Å²) in [6.07, 6.45) is 0. The molecule has 1 rings (SSSR count). The number of rotatable bonds is 1. The van der Waals surface area contributed by atoms with Gasteiger partial charge in [0, 0.05) is 11.6 Å². The van der Waals surface area contributed by atoms with Crippen molar-refractivity contribution in [1.82, 2.24) is 0 Å². The van der Waals surface area contributed by atoms with Gasteiger partial charge in [-0.15, -0.1) is 12.4 Å². The van der Waals surface area contributed by atoms with Gasteiger partial charge < -0.3 is 10.8 Å². The Morgan fingerprint density at radius 3 is 2.57 bits per heavy atom. The lowest BCUT2D eigenvalue weighted by atomic mass is 10.1.